The molecule has 1 aliphatic heterocycles. The van der Waals surface area contributed by atoms with Crippen molar-refractivity contribution in [1.29, 1.82) is 0 Å². The van der Waals surface area contributed by atoms with Crippen LogP contribution in [0.4, 0.5) is 10.1 Å². The van der Waals surface area contributed by atoms with E-state index in [1.807, 2.05) is 0 Å². The van der Waals surface area contributed by atoms with E-state index in [9.17, 15) is 9.18 Å². The number of rotatable bonds is 4. The van der Waals surface area contributed by atoms with Gasteiger partial charge < -0.3 is 15.3 Å². The largest absolute Gasteiger partial charge is 0.481 e. The minimum atomic E-state index is -0.780. The van der Waals surface area contributed by atoms with Crippen molar-refractivity contribution in [1.82, 2.24) is 5.32 Å². The summed E-state index contributed by atoms with van der Waals surface area (Å²) in [7, 11) is 0. The molecule has 19 heavy (non-hydrogen) atoms. The summed E-state index contributed by atoms with van der Waals surface area (Å²) in [5, 5.41) is 12.2. The molecule has 2 N–H and O–H groups in total. The van der Waals surface area contributed by atoms with E-state index in [4.69, 9.17) is 5.11 Å². The van der Waals surface area contributed by atoms with E-state index >= 15 is 0 Å². The number of carboxylic acid groups (broad SMARTS) is 1. The van der Waals surface area contributed by atoms with Gasteiger partial charge in [0.05, 0.1) is 0 Å². The molecular formula is C14H19FN2O2. The molecule has 1 aliphatic rings. The van der Waals surface area contributed by atoms with Crippen molar-refractivity contribution in [2.45, 2.75) is 31.8 Å². The molecule has 5 heteroatoms. The van der Waals surface area contributed by atoms with Gasteiger partial charge in [0.25, 0.3) is 0 Å². The third-order valence-corrected chi connectivity index (χ3v) is 3.46. The number of nitrogens with one attached hydrogen (secondary N) is 1. The fourth-order valence-corrected chi connectivity index (χ4v) is 2.45. The van der Waals surface area contributed by atoms with E-state index in [0.717, 1.165) is 18.8 Å². The SMILES string of the molecule is CC1CN(c2ccc(F)cc2)C(CCC(=O)O)CN1. The molecule has 2 unspecified atom stereocenters. The number of carbonyl (C=O) groups is 1. The summed E-state index contributed by atoms with van der Waals surface area (Å²) >= 11 is 0. The van der Waals surface area contributed by atoms with Crippen LogP contribution >= 0.6 is 0 Å². The molecule has 2 atom stereocenters. The zero-order valence-electron chi connectivity index (χ0n) is 11.0. The van der Waals surface area contributed by atoms with Crippen LogP contribution in [-0.2, 0) is 4.79 Å². The van der Waals surface area contributed by atoms with Crippen LogP contribution in [-0.4, -0.2) is 36.2 Å². The van der Waals surface area contributed by atoms with Crippen molar-refractivity contribution >= 4 is 11.7 Å². The fourth-order valence-electron chi connectivity index (χ4n) is 2.45. The highest BCUT2D eigenvalue weighted by atomic mass is 19.1. The van der Waals surface area contributed by atoms with E-state index in [2.05, 4.69) is 17.1 Å². The Kier molecular flexibility index (Phi) is 4.37. The molecule has 0 spiro atoms. The first-order valence-corrected chi connectivity index (χ1v) is 6.53. The average molecular weight is 266 g/mol. The quantitative estimate of drug-likeness (QED) is 0.873. The molecule has 1 heterocycles. The lowest BCUT2D eigenvalue weighted by molar-refractivity contribution is -0.137. The second-order valence-electron chi connectivity index (χ2n) is 5.02. The van der Waals surface area contributed by atoms with Crippen LogP contribution in [0.5, 0.6) is 0 Å². The summed E-state index contributed by atoms with van der Waals surface area (Å²) in [5.74, 6) is -1.04. The smallest absolute Gasteiger partial charge is 0.303 e. The summed E-state index contributed by atoms with van der Waals surface area (Å²) in [6.07, 6.45) is 0.741. The first kappa shape index (κ1) is 13.8. The Bertz CT molecular complexity index is 436. The topological polar surface area (TPSA) is 52.6 Å². The summed E-state index contributed by atoms with van der Waals surface area (Å²) in [5.41, 5.74) is 0.949. The van der Waals surface area contributed by atoms with E-state index in [1.54, 1.807) is 12.1 Å². The third-order valence-electron chi connectivity index (χ3n) is 3.46. The molecule has 0 radical (unpaired) electrons. The van der Waals surface area contributed by atoms with Gasteiger partial charge in [0.15, 0.2) is 0 Å². The lowest BCUT2D eigenvalue weighted by Crippen LogP contribution is -2.55. The van der Waals surface area contributed by atoms with Crippen LogP contribution in [0.25, 0.3) is 0 Å². The highest BCUT2D eigenvalue weighted by molar-refractivity contribution is 5.66. The molecule has 0 aromatic heterocycles. The third kappa shape index (κ3) is 3.67. The number of benzene rings is 1. The lowest BCUT2D eigenvalue weighted by Gasteiger charge is -2.41. The maximum atomic E-state index is 13.0. The molecule has 0 aliphatic carbocycles. The van der Waals surface area contributed by atoms with Crippen molar-refractivity contribution in [2.75, 3.05) is 18.0 Å². The lowest BCUT2D eigenvalue weighted by atomic mass is 10.0. The Morgan fingerprint density at radius 3 is 2.79 bits per heavy atom. The second kappa shape index (κ2) is 6.02. The molecule has 0 bridgehead atoms. The van der Waals surface area contributed by atoms with E-state index in [0.29, 0.717) is 12.5 Å². The number of nitrogens with zero attached hydrogens (tertiary/aromatic N) is 1. The molecule has 1 aromatic rings. The molecule has 0 amide bonds. The second-order valence-corrected chi connectivity index (χ2v) is 5.02. The molecule has 1 fully saturated rings. The predicted molar refractivity (Wildman–Crippen MR) is 71.9 cm³/mol. The fraction of sp³-hybridized carbons (Fsp3) is 0.500. The van der Waals surface area contributed by atoms with E-state index in [-0.39, 0.29) is 18.3 Å². The minimum Gasteiger partial charge on any atom is -0.481 e. The van der Waals surface area contributed by atoms with Crippen molar-refractivity contribution in [3.05, 3.63) is 30.1 Å². The van der Waals surface area contributed by atoms with Crippen LogP contribution in [0.1, 0.15) is 19.8 Å². The molecule has 104 valence electrons. The van der Waals surface area contributed by atoms with Crippen LogP contribution < -0.4 is 10.2 Å². The standard InChI is InChI=1S/C14H19FN2O2/c1-10-9-17(12-4-2-11(15)3-5-12)13(8-16-10)6-7-14(18)19/h2-5,10,13,16H,6-9H2,1H3,(H,18,19). The first-order chi connectivity index (χ1) is 9.06. The summed E-state index contributed by atoms with van der Waals surface area (Å²) in [6, 6.07) is 6.86. The van der Waals surface area contributed by atoms with Crippen molar-refractivity contribution in [3.8, 4) is 0 Å². The van der Waals surface area contributed by atoms with Crippen LogP contribution in [0, 0.1) is 5.82 Å². The number of carboxylic acids is 1. The van der Waals surface area contributed by atoms with Crippen molar-refractivity contribution < 1.29 is 14.3 Å². The molecule has 1 aromatic carbocycles. The number of hydrogen-bond acceptors (Lipinski definition) is 3. The molecule has 2 rings (SSSR count). The molecular weight excluding hydrogens is 247 g/mol. The Labute approximate surface area is 112 Å². The highest BCUT2D eigenvalue weighted by Crippen LogP contribution is 2.22. The predicted octanol–water partition coefficient (Wildman–Crippen LogP) is 1.86. The zero-order chi connectivity index (χ0) is 13.8. The van der Waals surface area contributed by atoms with Crippen molar-refractivity contribution in [3.63, 3.8) is 0 Å². The van der Waals surface area contributed by atoms with Gasteiger partial charge in [0, 0.05) is 37.3 Å². The van der Waals surface area contributed by atoms with Gasteiger partial charge in [-0.2, -0.15) is 0 Å². The van der Waals surface area contributed by atoms with Gasteiger partial charge in [-0.05, 0) is 37.6 Å². The molecule has 1 saturated heterocycles. The number of anilines is 1. The van der Waals surface area contributed by atoms with Gasteiger partial charge in [-0.1, -0.05) is 0 Å². The summed E-state index contributed by atoms with van der Waals surface area (Å²) < 4.78 is 13.0. The number of piperazine rings is 1. The maximum Gasteiger partial charge on any atom is 0.303 e. The van der Waals surface area contributed by atoms with Gasteiger partial charge in [-0.15, -0.1) is 0 Å². The Balaban J connectivity index is 2.11. The van der Waals surface area contributed by atoms with Gasteiger partial charge in [0.1, 0.15) is 5.82 Å². The van der Waals surface area contributed by atoms with Gasteiger partial charge >= 0.3 is 5.97 Å². The van der Waals surface area contributed by atoms with Gasteiger partial charge in [-0.25, -0.2) is 4.39 Å². The van der Waals surface area contributed by atoms with Crippen LogP contribution in [0.3, 0.4) is 0 Å². The van der Waals surface area contributed by atoms with Crippen molar-refractivity contribution in [2.24, 2.45) is 0 Å². The molecule has 4 nitrogen and oxygen atoms in total. The van der Waals surface area contributed by atoms with Crippen LogP contribution in [0.15, 0.2) is 24.3 Å². The van der Waals surface area contributed by atoms with E-state index in [1.165, 1.54) is 12.1 Å². The number of hydrogen-bond donors (Lipinski definition) is 2. The normalized spacial score (nSPS) is 23.4. The monoisotopic (exact) mass is 266 g/mol. The Morgan fingerprint density at radius 1 is 1.47 bits per heavy atom. The maximum absolute atomic E-state index is 13.0. The van der Waals surface area contributed by atoms with Gasteiger partial charge in [-0.3, -0.25) is 4.79 Å². The number of aliphatic carboxylic acids is 1. The minimum absolute atomic E-state index is 0.137. The Hall–Kier alpha value is -1.62. The van der Waals surface area contributed by atoms with Crippen LogP contribution in [0.2, 0.25) is 0 Å². The van der Waals surface area contributed by atoms with Gasteiger partial charge in [0.2, 0.25) is 0 Å². The summed E-state index contributed by atoms with van der Waals surface area (Å²) in [6.45, 7) is 3.64. The highest BCUT2D eigenvalue weighted by Gasteiger charge is 2.26. The Morgan fingerprint density at radius 2 is 2.16 bits per heavy atom. The van der Waals surface area contributed by atoms with E-state index < -0.39 is 5.97 Å². The average Bonchev–Trinajstić information content (AvgIpc) is 2.38. The zero-order valence-corrected chi connectivity index (χ0v) is 11.0. The first-order valence-electron chi connectivity index (χ1n) is 6.53. The number of halogens is 1. The summed E-state index contributed by atoms with van der Waals surface area (Å²) in [4.78, 5) is 12.9. The molecule has 0 saturated carbocycles.